The maximum atomic E-state index is 13.2. The first kappa shape index (κ1) is 43.8. The number of hydrogen-bond donors (Lipinski definition) is 3. The van der Waals surface area contributed by atoms with Crippen molar-refractivity contribution in [1.29, 1.82) is 0 Å². The number of nitrogens with zero attached hydrogens (tertiary/aromatic N) is 6. The molecule has 3 aliphatic heterocycles. The lowest BCUT2D eigenvalue weighted by Gasteiger charge is -2.36. The topological polar surface area (TPSA) is 185 Å². The van der Waals surface area contributed by atoms with Crippen LogP contribution in [0.3, 0.4) is 0 Å². The smallest absolute Gasteiger partial charge is 0.406 e. The van der Waals surface area contributed by atoms with Gasteiger partial charge in [-0.05, 0) is 49.6 Å². The number of carbonyl (C=O) groups excluding carboxylic acids is 3. The molecular formula is C40H53F3N8O8. The Balaban J connectivity index is 0.826. The van der Waals surface area contributed by atoms with Crippen molar-refractivity contribution in [2.75, 3.05) is 116 Å². The molecule has 16 nitrogen and oxygen atoms in total. The van der Waals surface area contributed by atoms with Gasteiger partial charge < -0.3 is 49.8 Å². The highest BCUT2D eigenvalue weighted by atomic mass is 19.4. The van der Waals surface area contributed by atoms with E-state index < -0.39 is 18.2 Å². The van der Waals surface area contributed by atoms with Crippen LogP contribution in [0, 0.1) is 0 Å². The highest BCUT2D eigenvalue weighted by molar-refractivity contribution is 5.99. The second-order valence-corrected chi connectivity index (χ2v) is 14.8. The molecule has 2 aromatic carbocycles. The van der Waals surface area contributed by atoms with E-state index >= 15 is 0 Å². The third kappa shape index (κ3) is 12.8. The summed E-state index contributed by atoms with van der Waals surface area (Å²) >= 11 is 0. The number of ether oxygens (including phenoxy) is 4. The lowest BCUT2D eigenvalue weighted by atomic mass is 9.90. The first-order valence-corrected chi connectivity index (χ1v) is 20.1. The van der Waals surface area contributed by atoms with E-state index in [9.17, 15) is 32.7 Å². The molecule has 3 saturated heterocycles. The fourth-order valence-corrected chi connectivity index (χ4v) is 7.52. The summed E-state index contributed by atoms with van der Waals surface area (Å²) in [6, 6.07) is 9.66. The number of piperazine rings is 1. The average molecular weight is 831 g/mol. The van der Waals surface area contributed by atoms with Crippen molar-refractivity contribution >= 4 is 40.0 Å². The largest absolute Gasteiger partial charge is 0.573 e. The number of aliphatic hydroxyl groups is 1. The van der Waals surface area contributed by atoms with Crippen LogP contribution < -0.4 is 20.7 Å². The Morgan fingerprint density at radius 3 is 2.20 bits per heavy atom. The summed E-state index contributed by atoms with van der Waals surface area (Å²) in [7, 11) is 0. The summed E-state index contributed by atoms with van der Waals surface area (Å²) in [6.45, 7) is 8.48. The molecule has 6 rings (SSSR count). The number of carbonyl (C=O) groups is 3. The van der Waals surface area contributed by atoms with Gasteiger partial charge in [-0.15, -0.1) is 13.2 Å². The van der Waals surface area contributed by atoms with Gasteiger partial charge >= 0.3 is 6.36 Å². The molecule has 3 aliphatic rings. The van der Waals surface area contributed by atoms with Crippen LogP contribution in [0.15, 0.2) is 42.7 Å². The minimum Gasteiger partial charge on any atom is -0.406 e. The number of fused-ring (bicyclic) bond motifs is 1. The Morgan fingerprint density at radius 2 is 1.53 bits per heavy atom. The summed E-state index contributed by atoms with van der Waals surface area (Å²) in [4.78, 5) is 54.3. The number of aromatic nitrogens is 2. The van der Waals surface area contributed by atoms with Gasteiger partial charge in [-0.3, -0.25) is 19.3 Å². The summed E-state index contributed by atoms with van der Waals surface area (Å²) < 4.78 is 58.5. The molecule has 3 aromatic rings. The third-order valence-electron chi connectivity index (χ3n) is 10.8. The number of halogens is 3. The number of amides is 3. The van der Waals surface area contributed by atoms with Gasteiger partial charge in [-0.25, -0.2) is 9.97 Å². The number of alkyl halides is 3. The SMILES string of the molecule is Nc1cc(OC(F)(F)F)ccc1C(=O)N1CCC(c2ncnc3cc(N4CCN(CCOCCOCCOCCC(=O)NCC(=O)N5CCC(O)C5)CC4)ccc23)CC1. The summed E-state index contributed by atoms with van der Waals surface area (Å²) in [6.07, 6.45) is -1.69. The maximum absolute atomic E-state index is 13.2. The van der Waals surface area contributed by atoms with Crippen LogP contribution in [0.4, 0.5) is 24.5 Å². The zero-order valence-electron chi connectivity index (χ0n) is 33.0. The number of β-amino-alcohol motifs (C(OH)–C–C–N with tert-alkyl or cyclic N) is 1. The molecule has 59 heavy (non-hydrogen) atoms. The Labute approximate surface area is 340 Å². The number of piperidine rings is 1. The lowest BCUT2D eigenvalue weighted by Crippen LogP contribution is -2.47. The highest BCUT2D eigenvalue weighted by Crippen LogP contribution is 2.34. The second-order valence-electron chi connectivity index (χ2n) is 14.8. The summed E-state index contributed by atoms with van der Waals surface area (Å²) in [5, 5.41) is 13.1. The van der Waals surface area contributed by atoms with Crippen LogP contribution in [0.5, 0.6) is 5.75 Å². The van der Waals surface area contributed by atoms with Crippen LogP contribution in [-0.4, -0.2) is 165 Å². The van der Waals surface area contributed by atoms with E-state index in [4.69, 9.17) is 19.9 Å². The number of aliphatic hydroxyl groups excluding tert-OH is 1. The molecular weight excluding hydrogens is 777 g/mol. The Hall–Kier alpha value is -4.82. The van der Waals surface area contributed by atoms with Gasteiger partial charge in [-0.2, -0.15) is 0 Å². The quantitative estimate of drug-likeness (QED) is 0.126. The molecule has 0 aliphatic carbocycles. The normalized spacial score (nSPS) is 18.1. The van der Waals surface area contributed by atoms with Crippen molar-refractivity contribution in [2.45, 2.75) is 44.1 Å². The monoisotopic (exact) mass is 830 g/mol. The highest BCUT2D eigenvalue weighted by Gasteiger charge is 2.32. The molecule has 0 spiro atoms. The number of hydrogen-bond acceptors (Lipinski definition) is 13. The molecule has 4 N–H and O–H groups in total. The van der Waals surface area contributed by atoms with Crippen molar-refractivity contribution in [3.63, 3.8) is 0 Å². The van der Waals surface area contributed by atoms with Gasteiger partial charge in [-0.1, -0.05) is 0 Å². The Bertz CT molecular complexity index is 1870. The Kier molecular flexibility index (Phi) is 15.5. The van der Waals surface area contributed by atoms with Crippen molar-refractivity contribution < 1.29 is 51.6 Å². The van der Waals surface area contributed by atoms with Crippen LogP contribution in [0.2, 0.25) is 0 Å². The van der Waals surface area contributed by atoms with Crippen molar-refractivity contribution in [1.82, 2.24) is 30.0 Å². The van der Waals surface area contributed by atoms with E-state index in [2.05, 4.69) is 48.0 Å². The number of nitrogen functional groups attached to an aromatic ring is 1. The molecule has 322 valence electrons. The molecule has 4 heterocycles. The second kappa shape index (κ2) is 20.9. The van der Waals surface area contributed by atoms with E-state index in [-0.39, 0.29) is 54.5 Å². The predicted octanol–water partition coefficient (Wildman–Crippen LogP) is 2.40. The van der Waals surface area contributed by atoms with Crippen LogP contribution in [0.1, 0.15) is 47.7 Å². The number of anilines is 2. The minimum atomic E-state index is -4.85. The maximum Gasteiger partial charge on any atom is 0.573 e. The zero-order valence-corrected chi connectivity index (χ0v) is 33.0. The molecule has 1 unspecified atom stereocenters. The first-order valence-electron chi connectivity index (χ1n) is 20.1. The standard InChI is InChI=1S/C40H53F3N8O8/c41-40(42,43)59-31-2-4-32(34(44)24-31)39(55)50-9-5-28(6-10-50)38-33-3-1-29(23-35(33)46-27-47-38)49-14-12-48(13-15-49)16-18-57-20-22-58-21-19-56-17-8-36(53)45-25-37(54)51-11-7-30(52)26-51/h1-4,23-24,27-28,30,52H,5-22,25-26,44H2,(H,45,53). The van der Waals surface area contributed by atoms with Crippen LogP contribution >= 0.6 is 0 Å². The molecule has 0 bridgehead atoms. The van der Waals surface area contributed by atoms with Crippen molar-refractivity contribution in [3.05, 3.63) is 54.0 Å². The summed E-state index contributed by atoms with van der Waals surface area (Å²) in [5.74, 6) is -1.15. The van der Waals surface area contributed by atoms with Gasteiger partial charge in [0.2, 0.25) is 11.8 Å². The molecule has 1 atom stereocenters. The number of likely N-dealkylation sites (tertiary alicyclic amines) is 2. The van der Waals surface area contributed by atoms with Crippen molar-refractivity contribution in [3.8, 4) is 5.75 Å². The van der Waals surface area contributed by atoms with Crippen molar-refractivity contribution in [2.24, 2.45) is 0 Å². The Morgan fingerprint density at radius 1 is 0.831 bits per heavy atom. The molecule has 3 amide bonds. The average Bonchev–Trinajstić information content (AvgIpc) is 3.67. The number of nitrogens with two attached hydrogens (primary N) is 1. The van der Waals surface area contributed by atoms with Gasteiger partial charge in [0.1, 0.15) is 12.1 Å². The third-order valence-corrected chi connectivity index (χ3v) is 10.8. The van der Waals surface area contributed by atoms with Crippen LogP contribution in [-0.2, 0) is 23.8 Å². The molecule has 19 heteroatoms. The van der Waals surface area contributed by atoms with Gasteiger partial charge in [0.25, 0.3) is 5.91 Å². The number of benzene rings is 2. The molecule has 1 aromatic heterocycles. The van der Waals surface area contributed by atoms with Crippen LogP contribution in [0.25, 0.3) is 10.9 Å². The predicted molar refractivity (Wildman–Crippen MR) is 211 cm³/mol. The van der Waals surface area contributed by atoms with E-state index in [1.54, 1.807) is 16.1 Å². The van der Waals surface area contributed by atoms with E-state index in [1.807, 2.05) is 0 Å². The van der Waals surface area contributed by atoms with Gasteiger partial charge in [0, 0.05) is 94.1 Å². The van der Waals surface area contributed by atoms with E-state index in [1.165, 1.54) is 6.07 Å². The molecule has 0 radical (unpaired) electrons. The van der Waals surface area contributed by atoms with Gasteiger partial charge in [0.05, 0.1) is 69.1 Å². The van der Waals surface area contributed by atoms with E-state index in [0.717, 1.165) is 67.1 Å². The first-order chi connectivity index (χ1) is 28.4. The lowest BCUT2D eigenvalue weighted by molar-refractivity contribution is -0.274. The van der Waals surface area contributed by atoms with E-state index in [0.29, 0.717) is 78.5 Å². The number of rotatable bonds is 18. The van der Waals surface area contributed by atoms with Gasteiger partial charge in [0.15, 0.2) is 0 Å². The number of nitrogens with one attached hydrogen (secondary N) is 1. The fourth-order valence-electron chi connectivity index (χ4n) is 7.52. The minimum absolute atomic E-state index is 0.0724. The zero-order chi connectivity index (χ0) is 41.8. The molecule has 0 saturated carbocycles. The fraction of sp³-hybridized carbons (Fsp3) is 0.575. The molecule has 3 fully saturated rings. The summed E-state index contributed by atoms with van der Waals surface area (Å²) in [5.41, 5.74) is 8.89.